The average Bonchev–Trinajstić information content (AvgIpc) is 2.54. The molecule has 1 heterocycles. The van der Waals surface area contributed by atoms with Crippen LogP contribution < -0.4 is 0 Å². The minimum absolute atomic E-state index is 0.139. The van der Waals surface area contributed by atoms with Gasteiger partial charge in [0.1, 0.15) is 0 Å². The van der Waals surface area contributed by atoms with Gasteiger partial charge in [-0.05, 0) is 12.3 Å². The Bertz CT molecular complexity index is 531. The van der Waals surface area contributed by atoms with Crippen molar-refractivity contribution in [1.82, 2.24) is 9.80 Å². The molecule has 9 nitrogen and oxygen atoms in total. The van der Waals surface area contributed by atoms with Crippen LogP contribution in [0, 0.1) is 11.8 Å². The maximum absolute atomic E-state index is 12.3. The topological polar surface area (TPSA) is 132 Å². The van der Waals surface area contributed by atoms with E-state index in [9.17, 15) is 24.0 Å². The number of hydrogen-bond donors (Lipinski definition) is 2. The van der Waals surface area contributed by atoms with Crippen LogP contribution in [-0.4, -0.2) is 63.4 Å². The Hall–Kier alpha value is -2.45. The highest BCUT2D eigenvalue weighted by Gasteiger charge is 2.40. The number of hydrogen-bond acceptors (Lipinski definition) is 5. The summed E-state index contributed by atoms with van der Waals surface area (Å²) in [7, 11) is 1.23. The van der Waals surface area contributed by atoms with Gasteiger partial charge in [-0.1, -0.05) is 6.92 Å². The average molecular weight is 328 g/mol. The van der Waals surface area contributed by atoms with Crippen molar-refractivity contribution in [2.45, 2.75) is 32.6 Å². The van der Waals surface area contributed by atoms with Crippen molar-refractivity contribution in [1.29, 1.82) is 0 Å². The van der Waals surface area contributed by atoms with E-state index in [-0.39, 0.29) is 25.8 Å². The molecule has 1 fully saturated rings. The first-order valence-corrected chi connectivity index (χ1v) is 7.20. The summed E-state index contributed by atoms with van der Waals surface area (Å²) < 4.78 is 0. The normalized spacial score (nSPS) is 20.4. The van der Waals surface area contributed by atoms with Crippen LogP contribution in [0.15, 0.2) is 0 Å². The van der Waals surface area contributed by atoms with E-state index in [4.69, 9.17) is 10.2 Å². The molecule has 0 radical (unpaired) electrons. The van der Waals surface area contributed by atoms with Crippen LogP contribution >= 0.6 is 0 Å². The second-order valence-electron chi connectivity index (χ2n) is 5.59. The molecule has 0 saturated carbocycles. The van der Waals surface area contributed by atoms with E-state index in [1.807, 2.05) is 0 Å². The Morgan fingerprint density at radius 1 is 1.17 bits per heavy atom. The third-order valence-corrected chi connectivity index (χ3v) is 3.91. The van der Waals surface area contributed by atoms with E-state index < -0.39 is 48.0 Å². The van der Waals surface area contributed by atoms with Crippen molar-refractivity contribution < 1.29 is 34.2 Å². The van der Waals surface area contributed by atoms with Gasteiger partial charge in [0.05, 0.1) is 6.42 Å². The minimum atomic E-state index is -1.16. The molecule has 2 unspecified atom stereocenters. The smallest absolute Gasteiger partial charge is 0.333 e. The summed E-state index contributed by atoms with van der Waals surface area (Å²) in [4.78, 5) is 59.5. The predicted octanol–water partition coefficient (Wildman–Crippen LogP) is 0.389. The molecule has 9 heteroatoms. The van der Waals surface area contributed by atoms with Crippen LogP contribution in [0.1, 0.15) is 32.6 Å². The minimum Gasteiger partial charge on any atom is -0.481 e. The molecule has 0 bridgehead atoms. The molecule has 1 aliphatic heterocycles. The molecule has 23 heavy (non-hydrogen) atoms. The van der Waals surface area contributed by atoms with Crippen molar-refractivity contribution in [2.24, 2.45) is 11.8 Å². The molecule has 0 aromatic rings. The van der Waals surface area contributed by atoms with Gasteiger partial charge in [-0.25, -0.2) is 4.79 Å². The maximum atomic E-state index is 12.3. The summed E-state index contributed by atoms with van der Waals surface area (Å²) >= 11 is 0. The van der Waals surface area contributed by atoms with Gasteiger partial charge in [-0.2, -0.15) is 0 Å². The van der Waals surface area contributed by atoms with E-state index in [0.717, 1.165) is 9.80 Å². The quantitative estimate of drug-likeness (QED) is 0.690. The van der Waals surface area contributed by atoms with Crippen LogP contribution in [-0.2, 0) is 19.2 Å². The molecule has 1 rings (SSSR count). The SMILES string of the molecule is CC(CCC(=O)O)C1CC(=O)N(CCC(=O)O)C(=O)N(C)C1=O. The van der Waals surface area contributed by atoms with Crippen molar-refractivity contribution in [3.8, 4) is 0 Å². The Morgan fingerprint density at radius 2 is 1.74 bits per heavy atom. The zero-order chi connectivity index (χ0) is 17.7. The Labute approximate surface area is 132 Å². The Balaban J connectivity index is 2.91. The third-order valence-electron chi connectivity index (χ3n) is 3.91. The van der Waals surface area contributed by atoms with Crippen LogP contribution in [0.3, 0.4) is 0 Å². The van der Waals surface area contributed by atoms with Crippen LogP contribution in [0.4, 0.5) is 4.79 Å². The molecular formula is C14H20N2O7. The largest absolute Gasteiger partial charge is 0.481 e. The van der Waals surface area contributed by atoms with Gasteiger partial charge < -0.3 is 10.2 Å². The maximum Gasteiger partial charge on any atom is 0.333 e. The highest BCUT2D eigenvalue weighted by molar-refractivity contribution is 6.06. The van der Waals surface area contributed by atoms with Crippen molar-refractivity contribution in [3.05, 3.63) is 0 Å². The van der Waals surface area contributed by atoms with Gasteiger partial charge in [0, 0.05) is 32.4 Å². The number of carboxylic acids is 2. The van der Waals surface area contributed by atoms with Crippen molar-refractivity contribution in [3.63, 3.8) is 0 Å². The molecule has 1 aliphatic rings. The van der Waals surface area contributed by atoms with Crippen molar-refractivity contribution >= 4 is 29.8 Å². The van der Waals surface area contributed by atoms with E-state index in [1.54, 1.807) is 6.92 Å². The zero-order valence-electron chi connectivity index (χ0n) is 13.0. The summed E-state index contributed by atoms with van der Waals surface area (Å²) in [5, 5.41) is 17.4. The molecule has 4 amide bonds. The van der Waals surface area contributed by atoms with E-state index in [1.165, 1.54) is 7.05 Å². The number of amides is 4. The summed E-state index contributed by atoms with van der Waals surface area (Å²) in [5.74, 6) is -4.53. The van der Waals surface area contributed by atoms with Crippen LogP contribution in [0.5, 0.6) is 0 Å². The molecule has 0 aromatic carbocycles. The fourth-order valence-corrected chi connectivity index (χ4v) is 2.44. The van der Waals surface area contributed by atoms with Gasteiger partial charge in [0.2, 0.25) is 11.8 Å². The first kappa shape index (κ1) is 18.6. The fraction of sp³-hybridized carbons (Fsp3) is 0.643. The molecule has 2 atom stereocenters. The standard InChI is InChI=1S/C14H20N2O7/c1-8(3-4-11(18)19)9-7-10(17)16(6-5-12(20)21)14(23)15(2)13(9)22/h8-9H,3-7H2,1-2H3,(H,18,19)(H,20,21). The van der Waals surface area contributed by atoms with Crippen molar-refractivity contribution in [2.75, 3.05) is 13.6 Å². The number of carbonyl (C=O) groups excluding carboxylic acids is 3. The number of imide groups is 2. The lowest BCUT2D eigenvalue weighted by Gasteiger charge is -2.23. The number of nitrogens with zero attached hydrogens (tertiary/aromatic N) is 2. The summed E-state index contributed by atoms with van der Waals surface area (Å²) in [6.07, 6.45) is -0.580. The van der Waals surface area contributed by atoms with Gasteiger partial charge in [0.25, 0.3) is 0 Å². The summed E-state index contributed by atoms with van der Waals surface area (Å²) in [6.45, 7) is 1.35. The summed E-state index contributed by atoms with van der Waals surface area (Å²) in [5.41, 5.74) is 0. The number of rotatable bonds is 7. The molecule has 0 aromatic heterocycles. The zero-order valence-corrected chi connectivity index (χ0v) is 13.0. The lowest BCUT2D eigenvalue weighted by atomic mass is 9.86. The monoisotopic (exact) mass is 328 g/mol. The van der Waals surface area contributed by atoms with Crippen LogP contribution in [0.2, 0.25) is 0 Å². The predicted molar refractivity (Wildman–Crippen MR) is 76.3 cm³/mol. The second kappa shape index (κ2) is 7.70. The summed E-state index contributed by atoms with van der Waals surface area (Å²) in [6, 6.07) is -0.853. The van der Waals surface area contributed by atoms with Gasteiger partial charge in [0.15, 0.2) is 0 Å². The molecule has 2 N–H and O–H groups in total. The Kier molecular flexibility index (Phi) is 6.23. The number of aliphatic carboxylic acids is 2. The van der Waals surface area contributed by atoms with E-state index in [0.29, 0.717) is 0 Å². The lowest BCUT2D eigenvalue weighted by molar-refractivity contribution is -0.139. The fourth-order valence-electron chi connectivity index (χ4n) is 2.44. The van der Waals surface area contributed by atoms with Gasteiger partial charge in [-0.3, -0.25) is 29.0 Å². The lowest BCUT2D eigenvalue weighted by Crippen LogP contribution is -2.45. The third kappa shape index (κ3) is 4.76. The van der Waals surface area contributed by atoms with E-state index >= 15 is 0 Å². The molecule has 1 saturated heterocycles. The van der Waals surface area contributed by atoms with Gasteiger partial charge >= 0.3 is 18.0 Å². The highest BCUT2D eigenvalue weighted by atomic mass is 16.4. The molecule has 0 aliphatic carbocycles. The molecule has 128 valence electrons. The Morgan fingerprint density at radius 3 is 2.26 bits per heavy atom. The molecule has 0 spiro atoms. The van der Waals surface area contributed by atoms with E-state index in [2.05, 4.69) is 0 Å². The number of carboxylic acid groups (broad SMARTS) is 2. The van der Waals surface area contributed by atoms with Crippen LogP contribution in [0.25, 0.3) is 0 Å². The first-order valence-electron chi connectivity index (χ1n) is 7.20. The first-order chi connectivity index (χ1) is 10.6. The van der Waals surface area contributed by atoms with Gasteiger partial charge in [-0.15, -0.1) is 0 Å². The number of urea groups is 1. The molecular weight excluding hydrogens is 308 g/mol. The highest BCUT2D eigenvalue weighted by Crippen LogP contribution is 2.27. The second-order valence-corrected chi connectivity index (χ2v) is 5.59. The number of carbonyl (C=O) groups is 5.